The predicted octanol–water partition coefficient (Wildman–Crippen LogP) is 3.15. The van der Waals surface area contributed by atoms with Crippen LogP contribution in [0.4, 0.5) is 4.79 Å². The van der Waals surface area contributed by atoms with Gasteiger partial charge in [0.1, 0.15) is 24.2 Å². The summed E-state index contributed by atoms with van der Waals surface area (Å²) in [6.45, 7) is 12.2. The molecular weight excluding hydrogens is 690 g/mol. The van der Waals surface area contributed by atoms with Crippen LogP contribution in [0.15, 0.2) is 65.2 Å². The number of fused-ring (bicyclic) bond motifs is 11. The van der Waals surface area contributed by atoms with E-state index in [2.05, 4.69) is 37.3 Å². The monoisotopic (exact) mass is 742 g/mol. The third-order valence-electron chi connectivity index (χ3n) is 8.54. The Kier molecular flexibility index (Phi) is 14.0. The molecular formula is C37H53BrN5O6+. The van der Waals surface area contributed by atoms with Gasteiger partial charge in [-0.1, -0.05) is 106 Å². The van der Waals surface area contributed by atoms with E-state index in [1.807, 2.05) is 102 Å². The lowest BCUT2D eigenvalue weighted by Crippen LogP contribution is -3.18. The number of carbonyl (C=O) groups excluding carboxylic acids is 4. The van der Waals surface area contributed by atoms with E-state index in [1.54, 1.807) is 0 Å². The molecule has 0 saturated carbocycles. The summed E-state index contributed by atoms with van der Waals surface area (Å²) in [6.07, 6.45) is 4.30. The van der Waals surface area contributed by atoms with Crippen LogP contribution >= 0.6 is 15.9 Å². The number of quaternary nitrogens is 1. The lowest BCUT2D eigenvalue weighted by molar-refractivity contribution is -0.950. The second-order valence-electron chi connectivity index (χ2n) is 14.9. The van der Waals surface area contributed by atoms with Gasteiger partial charge in [-0.05, 0) is 46.9 Å². The molecule has 2 bridgehead atoms. The number of alkyl carbamates (subject to hydrolysis) is 1. The minimum atomic E-state index is -1.85. The lowest BCUT2D eigenvalue weighted by Gasteiger charge is -2.35. The van der Waals surface area contributed by atoms with Crippen LogP contribution in [0.25, 0.3) is 0 Å². The van der Waals surface area contributed by atoms with Gasteiger partial charge in [0.2, 0.25) is 5.91 Å². The fourth-order valence-electron chi connectivity index (χ4n) is 5.65. The molecule has 0 aromatic heterocycles. The zero-order valence-corrected chi connectivity index (χ0v) is 31.3. The molecule has 6 N–H and O–H groups in total. The molecule has 268 valence electrons. The molecule has 0 spiro atoms. The summed E-state index contributed by atoms with van der Waals surface area (Å²) < 4.78 is 5.69. The zero-order chi connectivity index (χ0) is 36.4. The van der Waals surface area contributed by atoms with Gasteiger partial charge in [-0.25, -0.2) is 15.2 Å². The van der Waals surface area contributed by atoms with Crippen LogP contribution in [0.5, 0.6) is 0 Å². The Bertz CT molecular complexity index is 1470. The van der Waals surface area contributed by atoms with Gasteiger partial charge in [0.15, 0.2) is 0 Å². The summed E-state index contributed by atoms with van der Waals surface area (Å²) in [6, 6.07) is 13.7. The number of rotatable bonds is 9. The van der Waals surface area contributed by atoms with E-state index in [0.717, 1.165) is 21.2 Å². The second-order valence-corrected chi connectivity index (χ2v) is 15.8. The molecule has 0 radical (unpaired) electrons. The smallest absolute Gasteiger partial charge is 0.407 e. The fourth-order valence-corrected chi connectivity index (χ4v) is 5.92. The fraction of sp³-hybridized carbons (Fsp3) is 0.514. The molecule has 49 heavy (non-hydrogen) atoms. The van der Waals surface area contributed by atoms with Crippen LogP contribution in [0.3, 0.4) is 0 Å². The molecule has 2 aliphatic heterocycles. The molecule has 0 saturated heterocycles. The second kappa shape index (κ2) is 17.3. The Morgan fingerprint density at radius 3 is 2.24 bits per heavy atom. The molecule has 0 aliphatic carbocycles. The maximum Gasteiger partial charge on any atom is 0.407 e. The summed E-state index contributed by atoms with van der Waals surface area (Å²) >= 11 is 3.46. The standard InChI is InChI=1S/C37H52BrN5O6/c1-35(2,3)29-31(44)39-21-9-8-11-25-12-14-26(15-13-25)23-37(48,33(46)40-29)20-10-22-43(24-27-16-18-28(38)19-17-27)42-32(45)30(36(4,5)6)41-34(47)49-7/h8-9,12-19,29-30,48H,10-11,20-24H2,1-7H3,(H,39,44)(H,40,46)(H,41,47)(H,42,45)/p+1/b9-8-/t29-,30-,37-/m1/s1. The average molecular weight is 744 g/mol. The third-order valence-corrected chi connectivity index (χ3v) is 9.06. The number of ether oxygens (including phenoxy) is 1. The molecule has 0 fully saturated rings. The maximum absolute atomic E-state index is 14.0. The van der Waals surface area contributed by atoms with Gasteiger partial charge in [0.05, 0.1) is 13.7 Å². The minimum absolute atomic E-state index is 0.0387. The van der Waals surface area contributed by atoms with Crippen molar-refractivity contribution in [3.8, 4) is 0 Å². The Morgan fingerprint density at radius 2 is 1.65 bits per heavy atom. The van der Waals surface area contributed by atoms with Gasteiger partial charge in [-0.15, -0.1) is 0 Å². The van der Waals surface area contributed by atoms with Gasteiger partial charge in [-0.2, -0.15) is 0 Å². The number of aliphatic hydroxyl groups is 1. The van der Waals surface area contributed by atoms with Crippen molar-refractivity contribution >= 4 is 39.7 Å². The Morgan fingerprint density at radius 1 is 1.02 bits per heavy atom. The molecule has 11 nitrogen and oxygen atoms in total. The molecule has 2 aromatic rings. The zero-order valence-electron chi connectivity index (χ0n) is 29.7. The number of amides is 4. The van der Waals surface area contributed by atoms with Crippen LogP contribution < -0.4 is 26.4 Å². The lowest BCUT2D eigenvalue weighted by atomic mass is 9.83. The van der Waals surface area contributed by atoms with Gasteiger partial charge in [0, 0.05) is 29.4 Å². The van der Waals surface area contributed by atoms with Gasteiger partial charge in [0.25, 0.3) is 11.8 Å². The summed E-state index contributed by atoms with van der Waals surface area (Å²) in [5.41, 5.74) is 2.74. The van der Waals surface area contributed by atoms with E-state index in [1.165, 1.54) is 7.11 Å². The molecule has 2 aromatic carbocycles. The van der Waals surface area contributed by atoms with Crippen molar-refractivity contribution in [2.45, 2.75) is 91.5 Å². The van der Waals surface area contributed by atoms with E-state index < -0.39 is 46.4 Å². The van der Waals surface area contributed by atoms with Crippen molar-refractivity contribution in [2.75, 3.05) is 20.2 Å². The van der Waals surface area contributed by atoms with Crippen molar-refractivity contribution in [1.82, 2.24) is 21.4 Å². The number of hydrogen-bond acceptors (Lipinski definition) is 6. The number of carbonyl (C=O) groups is 4. The quantitative estimate of drug-likeness (QED) is 0.172. The maximum atomic E-state index is 14.0. The highest BCUT2D eigenvalue weighted by atomic mass is 79.9. The number of benzene rings is 2. The normalized spacial score (nSPS) is 20.9. The van der Waals surface area contributed by atoms with Crippen LogP contribution in [0, 0.1) is 10.8 Å². The number of allylic oxidation sites excluding steroid dienone is 1. The highest BCUT2D eigenvalue weighted by molar-refractivity contribution is 9.10. The average Bonchev–Trinajstić information content (AvgIpc) is 3.02. The van der Waals surface area contributed by atoms with E-state index in [0.29, 0.717) is 37.5 Å². The highest BCUT2D eigenvalue weighted by Crippen LogP contribution is 2.25. The van der Waals surface area contributed by atoms with Crippen molar-refractivity contribution < 1.29 is 34.0 Å². The first-order chi connectivity index (χ1) is 22.9. The summed E-state index contributed by atoms with van der Waals surface area (Å²) in [5.74, 6) is -1.36. The van der Waals surface area contributed by atoms with Crippen molar-refractivity contribution in [2.24, 2.45) is 10.8 Å². The molecule has 2 heterocycles. The van der Waals surface area contributed by atoms with E-state index >= 15 is 0 Å². The Balaban J connectivity index is 1.90. The Hall–Kier alpha value is -3.74. The molecule has 4 amide bonds. The first kappa shape index (κ1) is 39.7. The van der Waals surface area contributed by atoms with Crippen molar-refractivity contribution in [3.05, 3.63) is 81.8 Å². The number of halogens is 1. The highest BCUT2D eigenvalue weighted by Gasteiger charge is 2.41. The molecule has 12 heteroatoms. The third kappa shape index (κ3) is 12.3. The molecule has 4 rings (SSSR count). The molecule has 4 atom stereocenters. The number of nitrogens with one attached hydrogen (secondary N) is 5. The number of hydrogen-bond donors (Lipinski definition) is 6. The van der Waals surface area contributed by atoms with Crippen LogP contribution in [0.1, 0.15) is 71.1 Å². The summed E-state index contributed by atoms with van der Waals surface area (Å²) in [5, 5.41) is 21.2. The first-order valence-electron chi connectivity index (χ1n) is 16.7. The van der Waals surface area contributed by atoms with E-state index in [4.69, 9.17) is 4.74 Å². The predicted molar refractivity (Wildman–Crippen MR) is 192 cm³/mol. The van der Waals surface area contributed by atoms with E-state index in [-0.39, 0.29) is 18.7 Å². The van der Waals surface area contributed by atoms with Gasteiger partial charge < -0.3 is 25.8 Å². The minimum Gasteiger partial charge on any atom is -0.453 e. The SMILES string of the molecule is COC(=O)N[C@H](C(=O)N[NH+](CCC[C@@]1(O)Cc2ccc(cc2)C/C=C\CNC(=O)[C@H](C(C)(C)C)NC1=O)Cc1ccc(Br)cc1)C(C)(C)C. The summed E-state index contributed by atoms with van der Waals surface area (Å²) in [7, 11) is 1.24. The van der Waals surface area contributed by atoms with Crippen molar-refractivity contribution in [3.63, 3.8) is 0 Å². The topological polar surface area (TPSA) is 150 Å². The number of methoxy groups -OCH3 is 1. The van der Waals surface area contributed by atoms with Crippen LogP contribution in [-0.2, 0) is 38.5 Å². The largest absolute Gasteiger partial charge is 0.453 e. The van der Waals surface area contributed by atoms with Gasteiger partial charge >= 0.3 is 6.09 Å². The first-order valence-corrected chi connectivity index (χ1v) is 17.5. The van der Waals surface area contributed by atoms with Crippen LogP contribution in [0.2, 0.25) is 0 Å². The molecule has 1 unspecified atom stereocenters. The summed E-state index contributed by atoms with van der Waals surface area (Å²) in [4.78, 5) is 53.0. The molecule has 2 aliphatic rings. The Labute approximate surface area is 298 Å². The van der Waals surface area contributed by atoms with Crippen LogP contribution in [-0.4, -0.2) is 66.8 Å². The van der Waals surface area contributed by atoms with E-state index in [9.17, 15) is 24.3 Å². The van der Waals surface area contributed by atoms with Crippen molar-refractivity contribution in [1.29, 1.82) is 0 Å². The van der Waals surface area contributed by atoms with Gasteiger partial charge in [-0.3, -0.25) is 14.4 Å².